The molecule has 0 unspecified atom stereocenters. The van der Waals surface area contributed by atoms with Crippen molar-refractivity contribution in [2.45, 2.75) is 20.8 Å². The number of pyridine rings is 1. The molecule has 5 heteroatoms. The van der Waals surface area contributed by atoms with Crippen molar-refractivity contribution in [1.82, 2.24) is 4.98 Å². The van der Waals surface area contributed by atoms with E-state index in [4.69, 9.17) is 10.5 Å². The van der Waals surface area contributed by atoms with Crippen LogP contribution >= 0.6 is 15.9 Å². The molecular formula is C15H14BrN3O. The number of aryl methyl sites for hydroxylation is 3. The highest BCUT2D eigenvalue weighted by atomic mass is 79.9. The number of nitriles is 1. The number of hydrogen-bond donors (Lipinski definition) is 1. The van der Waals surface area contributed by atoms with Crippen LogP contribution in [0.25, 0.3) is 0 Å². The molecule has 2 aromatic rings. The number of nitrogens with two attached hydrogens (primary N) is 1. The highest BCUT2D eigenvalue weighted by molar-refractivity contribution is 9.10. The van der Waals surface area contributed by atoms with E-state index in [2.05, 4.69) is 27.0 Å². The van der Waals surface area contributed by atoms with E-state index in [1.807, 2.05) is 19.9 Å². The molecular weight excluding hydrogens is 318 g/mol. The molecule has 0 bridgehead atoms. The van der Waals surface area contributed by atoms with Crippen molar-refractivity contribution in [2.75, 3.05) is 5.73 Å². The molecule has 0 saturated carbocycles. The van der Waals surface area contributed by atoms with Crippen LogP contribution in [0, 0.1) is 32.1 Å². The summed E-state index contributed by atoms with van der Waals surface area (Å²) in [4.78, 5) is 4.26. The Morgan fingerprint density at radius 1 is 1.25 bits per heavy atom. The molecule has 1 aromatic heterocycles. The van der Waals surface area contributed by atoms with Crippen LogP contribution in [0.1, 0.15) is 22.5 Å². The van der Waals surface area contributed by atoms with Crippen molar-refractivity contribution in [2.24, 2.45) is 0 Å². The zero-order chi connectivity index (χ0) is 14.9. The summed E-state index contributed by atoms with van der Waals surface area (Å²) in [6.45, 7) is 5.55. The third-order valence-corrected chi connectivity index (χ3v) is 3.34. The molecule has 2 N–H and O–H groups in total. The first-order chi connectivity index (χ1) is 9.42. The fourth-order valence-electron chi connectivity index (χ4n) is 2.01. The Bertz CT molecular complexity index is 697. The van der Waals surface area contributed by atoms with Crippen LogP contribution in [-0.4, -0.2) is 4.98 Å². The van der Waals surface area contributed by atoms with Gasteiger partial charge in [0.25, 0.3) is 0 Å². The Balaban J connectivity index is 2.54. The molecule has 20 heavy (non-hydrogen) atoms. The zero-order valence-corrected chi connectivity index (χ0v) is 13.1. The van der Waals surface area contributed by atoms with Crippen LogP contribution in [0.5, 0.6) is 11.5 Å². The minimum Gasteiger partial charge on any atom is -0.453 e. The fourth-order valence-corrected chi connectivity index (χ4v) is 2.60. The average Bonchev–Trinajstić information content (AvgIpc) is 2.33. The molecule has 0 saturated heterocycles. The van der Waals surface area contributed by atoms with Crippen LogP contribution < -0.4 is 10.5 Å². The van der Waals surface area contributed by atoms with E-state index in [0.717, 1.165) is 15.7 Å². The Hall–Kier alpha value is -2.06. The Labute approximate surface area is 126 Å². The number of ether oxygens (including phenoxy) is 1. The molecule has 0 aliphatic heterocycles. The van der Waals surface area contributed by atoms with Gasteiger partial charge in [-0.05, 0) is 38.5 Å². The molecule has 1 aromatic carbocycles. The van der Waals surface area contributed by atoms with Crippen molar-refractivity contribution in [3.05, 3.63) is 45.2 Å². The van der Waals surface area contributed by atoms with E-state index in [0.29, 0.717) is 28.4 Å². The van der Waals surface area contributed by atoms with E-state index >= 15 is 0 Å². The second kappa shape index (κ2) is 5.51. The van der Waals surface area contributed by atoms with Crippen LogP contribution in [0.2, 0.25) is 0 Å². The maximum Gasteiger partial charge on any atom is 0.153 e. The Kier molecular flexibility index (Phi) is 3.96. The van der Waals surface area contributed by atoms with Crippen molar-refractivity contribution >= 4 is 21.6 Å². The lowest BCUT2D eigenvalue weighted by atomic mass is 10.1. The van der Waals surface area contributed by atoms with E-state index in [9.17, 15) is 5.26 Å². The molecule has 0 fully saturated rings. The van der Waals surface area contributed by atoms with Gasteiger partial charge in [-0.1, -0.05) is 15.9 Å². The maximum absolute atomic E-state index is 9.24. The predicted molar refractivity (Wildman–Crippen MR) is 81.8 cm³/mol. The second-order valence-corrected chi connectivity index (χ2v) is 5.49. The summed E-state index contributed by atoms with van der Waals surface area (Å²) < 4.78 is 6.76. The van der Waals surface area contributed by atoms with Crippen LogP contribution in [-0.2, 0) is 0 Å². The number of halogens is 1. The van der Waals surface area contributed by atoms with Crippen molar-refractivity contribution < 1.29 is 4.74 Å². The molecule has 0 spiro atoms. The molecule has 4 nitrogen and oxygen atoms in total. The standard InChI is InChI=1S/C15H14BrN3O/c1-8-4-11(16)6-13(18)15(8)20-14-5-9(2)19-10(3)12(14)7-17/h4-6H,18H2,1-3H3. The number of anilines is 1. The molecule has 0 aliphatic rings. The van der Waals surface area contributed by atoms with E-state index in [-0.39, 0.29) is 0 Å². The van der Waals surface area contributed by atoms with Gasteiger partial charge in [0.05, 0.1) is 11.4 Å². The number of benzene rings is 1. The Morgan fingerprint density at radius 3 is 2.55 bits per heavy atom. The van der Waals surface area contributed by atoms with Crippen LogP contribution in [0.3, 0.4) is 0 Å². The molecule has 0 aliphatic carbocycles. The first-order valence-electron chi connectivity index (χ1n) is 6.04. The fraction of sp³-hybridized carbons (Fsp3) is 0.200. The quantitative estimate of drug-likeness (QED) is 0.843. The summed E-state index contributed by atoms with van der Waals surface area (Å²) in [5.41, 5.74) is 9.27. The van der Waals surface area contributed by atoms with Gasteiger partial charge >= 0.3 is 0 Å². The van der Waals surface area contributed by atoms with Gasteiger partial charge in [-0.25, -0.2) is 0 Å². The van der Waals surface area contributed by atoms with Crippen molar-refractivity contribution in [3.63, 3.8) is 0 Å². The van der Waals surface area contributed by atoms with E-state index in [1.54, 1.807) is 19.1 Å². The summed E-state index contributed by atoms with van der Waals surface area (Å²) >= 11 is 3.39. The van der Waals surface area contributed by atoms with Gasteiger partial charge < -0.3 is 10.5 Å². The third-order valence-electron chi connectivity index (χ3n) is 2.88. The number of nitrogen functional groups attached to an aromatic ring is 1. The molecule has 0 atom stereocenters. The molecule has 102 valence electrons. The molecule has 2 rings (SSSR count). The lowest BCUT2D eigenvalue weighted by Gasteiger charge is -2.14. The zero-order valence-electron chi connectivity index (χ0n) is 11.5. The van der Waals surface area contributed by atoms with E-state index in [1.165, 1.54) is 0 Å². The second-order valence-electron chi connectivity index (χ2n) is 4.58. The van der Waals surface area contributed by atoms with Crippen molar-refractivity contribution in [3.8, 4) is 17.6 Å². The number of nitrogens with zero attached hydrogens (tertiary/aromatic N) is 2. The van der Waals surface area contributed by atoms with Gasteiger partial charge in [0.1, 0.15) is 17.4 Å². The number of aromatic nitrogens is 1. The molecule has 1 heterocycles. The third kappa shape index (κ3) is 2.75. The normalized spacial score (nSPS) is 10.2. The molecule has 0 radical (unpaired) electrons. The number of hydrogen-bond acceptors (Lipinski definition) is 4. The maximum atomic E-state index is 9.24. The summed E-state index contributed by atoms with van der Waals surface area (Å²) in [5.74, 6) is 1.05. The largest absolute Gasteiger partial charge is 0.453 e. The van der Waals surface area contributed by atoms with Gasteiger partial charge in [0, 0.05) is 16.2 Å². The first-order valence-corrected chi connectivity index (χ1v) is 6.83. The van der Waals surface area contributed by atoms with Gasteiger partial charge in [-0.3, -0.25) is 4.98 Å². The lowest BCUT2D eigenvalue weighted by molar-refractivity contribution is 0.477. The minimum absolute atomic E-state index is 0.428. The number of rotatable bonds is 2. The topological polar surface area (TPSA) is 71.9 Å². The highest BCUT2D eigenvalue weighted by Gasteiger charge is 2.13. The van der Waals surface area contributed by atoms with Crippen LogP contribution in [0.4, 0.5) is 5.69 Å². The smallest absolute Gasteiger partial charge is 0.153 e. The highest BCUT2D eigenvalue weighted by Crippen LogP contribution is 2.35. The lowest BCUT2D eigenvalue weighted by Crippen LogP contribution is -1.99. The van der Waals surface area contributed by atoms with Crippen LogP contribution in [0.15, 0.2) is 22.7 Å². The SMILES string of the molecule is Cc1cc(Oc2c(C)cc(Br)cc2N)c(C#N)c(C)n1. The van der Waals surface area contributed by atoms with E-state index < -0.39 is 0 Å². The minimum atomic E-state index is 0.428. The summed E-state index contributed by atoms with van der Waals surface area (Å²) in [6, 6.07) is 7.56. The summed E-state index contributed by atoms with van der Waals surface area (Å²) in [6.07, 6.45) is 0. The van der Waals surface area contributed by atoms with Crippen molar-refractivity contribution in [1.29, 1.82) is 5.26 Å². The predicted octanol–water partition coefficient (Wildman–Crippen LogP) is 4.02. The molecule has 0 amide bonds. The van der Waals surface area contributed by atoms with Gasteiger partial charge in [0.15, 0.2) is 5.75 Å². The van der Waals surface area contributed by atoms with Gasteiger partial charge in [-0.2, -0.15) is 5.26 Å². The summed E-state index contributed by atoms with van der Waals surface area (Å²) in [5, 5.41) is 9.24. The Morgan fingerprint density at radius 2 is 1.95 bits per heavy atom. The monoisotopic (exact) mass is 331 g/mol. The van der Waals surface area contributed by atoms with Gasteiger partial charge in [-0.15, -0.1) is 0 Å². The van der Waals surface area contributed by atoms with Gasteiger partial charge in [0.2, 0.25) is 0 Å². The summed E-state index contributed by atoms with van der Waals surface area (Å²) in [7, 11) is 0. The first kappa shape index (κ1) is 14.4. The average molecular weight is 332 g/mol.